The molecule has 5 heteroatoms. The third-order valence-corrected chi connectivity index (χ3v) is 7.58. The minimum absolute atomic E-state index is 0.524. The second kappa shape index (κ2) is 7.80. The minimum Gasteiger partial charge on any atom is -0.366 e. The highest BCUT2D eigenvalue weighted by molar-refractivity contribution is 7.19. The molecule has 3 heterocycles. The molecule has 1 atom stereocenters. The van der Waals surface area contributed by atoms with Crippen LogP contribution in [0.5, 0.6) is 0 Å². The molecule has 5 rings (SSSR count). The summed E-state index contributed by atoms with van der Waals surface area (Å²) in [4.78, 5) is 13.7. The Morgan fingerprint density at radius 3 is 2.75 bits per heavy atom. The van der Waals surface area contributed by atoms with E-state index in [1.807, 2.05) is 11.3 Å². The van der Waals surface area contributed by atoms with Crippen LogP contribution in [0, 0.1) is 5.92 Å². The summed E-state index contributed by atoms with van der Waals surface area (Å²) in [5.41, 5.74) is 2.97. The van der Waals surface area contributed by atoms with Gasteiger partial charge in [-0.05, 0) is 30.7 Å². The summed E-state index contributed by atoms with van der Waals surface area (Å²) in [6.07, 6.45) is 7.82. The maximum Gasteiger partial charge on any atom is 0.138 e. The van der Waals surface area contributed by atoms with Crippen LogP contribution in [-0.4, -0.2) is 29.1 Å². The molecular weight excluding hydrogens is 364 g/mol. The molecule has 0 saturated carbocycles. The Hall–Kier alpha value is -1.98. The van der Waals surface area contributed by atoms with Crippen molar-refractivity contribution in [3.8, 4) is 0 Å². The predicted molar refractivity (Wildman–Crippen MR) is 116 cm³/mol. The fourth-order valence-corrected chi connectivity index (χ4v) is 6.16. The zero-order valence-electron chi connectivity index (χ0n) is 16.6. The Kier molecular flexibility index (Phi) is 5.03. The Labute approximate surface area is 171 Å². The van der Waals surface area contributed by atoms with E-state index in [4.69, 9.17) is 0 Å². The van der Waals surface area contributed by atoms with Crippen molar-refractivity contribution in [2.24, 2.45) is 5.92 Å². The number of aryl methyl sites for hydroxylation is 1. The van der Waals surface area contributed by atoms with Crippen molar-refractivity contribution < 1.29 is 4.90 Å². The van der Waals surface area contributed by atoms with Crippen molar-refractivity contribution in [2.45, 2.75) is 51.6 Å². The quantitative estimate of drug-likeness (QED) is 0.713. The maximum atomic E-state index is 4.66. The highest BCUT2D eigenvalue weighted by Crippen LogP contribution is 2.39. The van der Waals surface area contributed by atoms with Gasteiger partial charge in [-0.25, -0.2) is 9.97 Å². The van der Waals surface area contributed by atoms with Gasteiger partial charge in [0.1, 0.15) is 23.5 Å². The summed E-state index contributed by atoms with van der Waals surface area (Å²) in [6, 6.07) is 11.4. The van der Waals surface area contributed by atoms with Crippen LogP contribution in [0.25, 0.3) is 10.2 Å². The number of hydrogen-bond acceptors (Lipinski definition) is 4. The second-order valence-corrected chi connectivity index (χ2v) is 9.67. The summed E-state index contributed by atoms with van der Waals surface area (Å²) in [5.74, 6) is 1.87. The van der Waals surface area contributed by atoms with E-state index < -0.39 is 0 Å². The third kappa shape index (κ3) is 3.65. The fourth-order valence-electron chi connectivity index (χ4n) is 4.81. The number of benzene rings is 1. The predicted octanol–water partition coefficient (Wildman–Crippen LogP) is 3.48. The lowest BCUT2D eigenvalue weighted by molar-refractivity contribution is -0.918. The van der Waals surface area contributed by atoms with Crippen molar-refractivity contribution >= 4 is 27.4 Å². The van der Waals surface area contributed by atoms with Crippen LogP contribution in [0.4, 0.5) is 5.82 Å². The number of fused-ring (bicyclic) bond motifs is 3. The van der Waals surface area contributed by atoms with Gasteiger partial charge < -0.3 is 10.2 Å². The van der Waals surface area contributed by atoms with E-state index in [9.17, 15) is 0 Å². The van der Waals surface area contributed by atoms with Gasteiger partial charge in [0.25, 0.3) is 0 Å². The van der Waals surface area contributed by atoms with Gasteiger partial charge in [-0.15, -0.1) is 11.3 Å². The summed E-state index contributed by atoms with van der Waals surface area (Å²) in [7, 11) is 0. The lowest BCUT2D eigenvalue weighted by Gasteiger charge is -2.30. The molecule has 2 N–H and O–H groups in total. The lowest BCUT2D eigenvalue weighted by atomic mass is 9.89. The molecule has 146 valence electrons. The Bertz CT molecular complexity index is 944. The minimum atomic E-state index is 0.524. The molecule has 0 amide bonds. The average molecular weight is 394 g/mol. The van der Waals surface area contributed by atoms with Crippen LogP contribution >= 0.6 is 11.3 Å². The number of nitrogens with zero attached hydrogens (tertiary/aromatic N) is 2. The lowest BCUT2D eigenvalue weighted by Crippen LogP contribution is -3.12. The van der Waals surface area contributed by atoms with E-state index in [0.717, 1.165) is 18.3 Å². The van der Waals surface area contributed by atoms with E-state index in [0.29, 0.717) is 6.04 Å². The highest BCUT2D eigenvalue weighted by atomic mass is 32.1. The van der Waals surface area contributed by atoms with Crippen LogP contribution in [0.2, 0.25) is 0 Å². The Balaban J connectivity index is 1.28. The van der Waals surface area contributed by atoms with Crippen molar-refractivity contribution in [2.75, 3.05) is 18.4 Å². The van der Waals surface area contributed by atoms with Gasteiger partial charge in [0, 0.05) is 29.3 Å². The second-order valence-electron chi connectivity index (χ2n) is 8.59. The van der Waals surface area contributed by atoms with Gasteiger partial charge in [0.2, 0.25) is 0 Å². The van der Waals surface area contributed by atoms with Gasteiger partial charge >= 0.3 is 0 Å². The van der Waals surface area contributed by atoms with E-state index in [1.54, 1.807) is 16.1 Å². The first-order chi connectivity index (χ1) is 13.8. The van der Waals surface area contributed by atoms with Gasteiger partial charge in [0.15, 0.2) is 0 Å². The molecule has 4 nitrogen and oxygen atoms in total. The number of nitrogens with one attached hydrogen (secondary N) is 2. The SMILES string of the molecule is C[C@H]1CCc2c(sc3ncnc(NC4CC[NH+](Cc5ccccc5)CC4)c23)C1. The molecule has 0 radical (unpaired) electrons. The Morgan fingerprint density at radius 2 is 1.93 bits per heavy atom. The molecule has 2 aliphatic rings. The molecule has 1 aromatic carbocycles. The number of rotatable bonds is 4. The zero-order chi connectivity index (χ0) is 18.9. The van der Waals surface area contributed by atoms with Crippen LogP contribution in [0.1, 0.15) is 42.2 Å². The number of thiophene rings is 1. The molecule has 0 bridgehead atoms. The van der Waals surface area contributed by atoms with Gasteiger partial charge in [-0.2, -0.15) is 0 Å². The largest absolute Gasteiger partial charge is 0.366 e. The molecule has 1 aliphatic carbocycles. The van der Waals surface area contributed by atoms with Gasteiger partial charge in [-0.3, -0.25) is 0 Å². The number of hydrogen-bond donors (Lipinski definition) is 2. The first-order valence-corrected chi connectivity index (χ1v) is 11.5. The van der Waals surface area contributed by atoms with Crippen molar-refractivity contribution in [3.63, 3.8) is 0 Å². The molecule has 2 aromatic heterocycles. The van der Waals surface area contributed by atoms with Gasteiger partial charge in [-0.1, -0.05) is 37.3 Å². The fraction of sp³-hybridized carbons (Fsp3) is 0.478. The molecular formula is C23H29N4S+. The molecule has 3 aromatic rings. The molecule has 0 spiro atoms. The third-order valence-electron chi connectivity index (χ3n) is 6.42. The topological polar surface area (TPSA) is 42.2 Å². The zero-order valence-corrected chi connectivity index (χ0v) is 17.4. The van der Waals surface area contributed by atoms with Crippen LogP contribution in [-0.2, 0) is 19.4 Å². The molecule has 1 fully saturated rings. The van der Waals surface area contributed by atoms with Crippen molar-refractivity contribution in [1.82, 2.24) is 9.97 Å². The van der Waals surface area contributed by atoms with Crippen LogP contribution in [0.15, 0.2) is 36.7 Å². The van der Waals surface area contributed by atoms with Gasteiger partial charge in [0.05, 0.1) is 18.5 Å². The highest BCUT2D eigenvalue weighted by Gasteiger charge is 2.26. The molecule has 1 saturated heterocycles. The smallest absolute Gasteiger partial charge is 0.138 e. The monoisotopic (exact) mass is 393 g/mol. The molecule has 28 heavy (non-hydrogen) atoms. The van der Waals surface area contributed by atoms with E-state index in [-0.39, 0.29) is 0 Å². The standard InChI is InChI=1S/C23H28N4S/c1-16-7-8-19-20(13-16)28-23-21(19)22(24-15-25-23)26-18-9-11-27(12-10-18)14-17-5-3-2-4-6-17/h2-6,15-16,18H,7-14H2,1H3,(H,24,25,26)/p+1/t16-/m0/s1. The van der Waals surface area contributed by atoms with Crippen LogP contribution < -0.4 is 10.2 Å². The summed E-state index contributed by atoms with van der Waals surface area (Å²) in [5, 5.41) is 5.11. The maximum absolute atomic E-state index is 4.66. The Morgan fingerprint density at radius 1 is 1.11 bits per heavy atom. The summed E-state index contributed by atoms with van der Waals surface area (Å²) >= 11 is 1.89. The number of aromatic nitrogens is 2. The summed E-state index contributed by atoms with van der Waals surface area (Å²) < 4.78 is 0. The number of quaternary nitrogens is 1. The number of anilines is 1. The van der Waals surface area contributed by atoms with Crippen molar-refractivity contribution in [3.05, 3.63) is 52.7 Å². The molecule has 0 unspecified atom stereocenters. The number of likely N-dealkylation sites (tertiary alicyclic amines) is 1. The van der Waals surface area contributed by atoms with Crippen LogP contribution in [0.3, 0.4) is 0 Å². The normalized spacial score (nSPS) is 24.8. The first kappa shape index (κ1) is 18.1. The van der Waals surface area contributed by atoms with E-state index in [2.05, 4.69) is 52.5 Å². The van der Waals surface area contributed by atoms with E-state index >= 15 is 0 Å². The summed E-state index contributed by atoms with van der Waals surface area (Å²) in [6.45, 7) is 5.95. The average Bonchev–Trinajstić information content (AvgIpc) is 3.08. The first-order valence-electron chi connectivity index (χ1n) is 10.7. The molecule has 1 aliphatic heterocycles. The number of piperidine rings is 1. The van der Waals surface area contributed by atoms with E-state index in [1.165, 1.54) is 66.5 Å². The van der Waals surface area contributed by atoms with Crippen molar-refractivity contribution in [1.29, 1.82) is 0 Å².